The Hall–Kier alpha value is -2.06. The van der Waals surface area contributed by atoms with Crippen molar-refractivity contribution >= 4 is 34.5 Å². The summed E-state index contributed by atoms with van der Waals surface area (Å²) in [5.41, 5.74) is 2.25. The largest absolute Gasteiger partial charge is 2.00 e. The van der Waals surface area contributed by atoms with Crippen LogP contribution in [0.25, 0.3) is 5.57 Å². The van der Waals surface area contributed by atoms with Gasteiger partial charge in [0.2, 0.25) is 0 Å². The molecule has 0 aliphatic heterocycles. The van der Waals surface area contributed by atoms with Crippen LogP contribution in [0.5, 0.6) is 0 Å². The van der Waals surface area contributed by atoms with E-state index < -0.39 is 7.26 Å². The minimum atomic E-state index is -2.40. The molecule has 2 radical (unpaired) electrons. The fraction of sp³-hybridized carbons (Fsp3) is 0.0345. The molecule has 0 bridgehead atoms. The van der Waals surface area contributed by atoms with E-state index >= 15 is 0 Å². The number of hydrogen-bond donors (Lipinski definition) is 1. The van der Waals surface area contributed by atoms with Gasteiger partial charge in [-0.05, 0) is 48.9 Å². The Morgan fingerprint density at radius 3 is 1.21 bits per heavy atom. The van der Waals surface area contributed by atoms with Crippen molar-refractivity contribution in [2.75, 3.05) is 0 Å². The first-order valence-electron chi connectivity index (χ1n) is 10.3. The minimum Gasteiger partial charge on any atom is -1.00 e. The molecule has 0 aromatic heterocycles. The van der Waals surface area contributed by atoms with Crippen molar-refractivity contribution in [2.45, 2.75) is 6.92 Å². The molecule has 176 valence electrons. The van der Waals surface area contributed by atoms with Gasteiger partial charge >= 0.3 is 19.8 Å². The number of allylic oxidation sites excluding steroid dienone is 2. The monoisotopic (exact) mass is 684 g/mol. The maximum Gasteiger partial charge on any atom is 2.00 e. The summed E-state index contributed by atoms with van der Waals surface area (Å²) in [5.74, 6) is 0. The number of halogens is 2. The van der Waals surface area contributed by atoms with Crippen LogP contribution in [-0.4, -0.2) is 5.71 Å². The zero-order valence-corrected chi connectivity index (χ0v) is 23.6. The van der Waals surface area contributed by atoms with E-state index in [0.29, 0.717) is 5.71 Å². The van der Waals surface area contributed by atoms with E-state index in [9.17, 15) is 0 Å². The molecular weight excluding hydrogens is 654 g/mol. The third-order valence-electron chi connectivity index (χ3n) is 5.49. The summed E-state index contributed by atoms with van der Waals surface area (Å²) in [6.45, 7) is 9.04. The maximum atomic E-state index is 8.67. The molecule has 4 aromatic carbocycles. The van der Waals surface area contributed by atoms with Crippen LogP contribution >= 0.6 is 7.26 Å². The Morgan fingerprint density at radius 1 is 0.618 bits per heavy atom. The summed E-state index contributed by atoms with van der Waals surface area (Å²) in [7, 11) is -2.40. The summed E-state index contributed by atoms with van der Waals surface area (Å²) in [4.78, 5) is 0. The molecule has 4 aromatic rings. The van der Waals surface area contributed by atoms with E-state index in [1.165, 1.54) is 15.9 Å². The first-order chi connectivity index (χ1) is 15.2. The molecule has 34 heavy (non-hydrogen) atoms. The molecule has 0 unspecified atom stereocenters. The molecule has 1 N–H and O–H groups in total. The molecule has 0 aliphatic carbocycles. The second-order valence-electron chi connectivity index (χ2n) is 7.43. The standard InChI is InChI=1S/C29H25NP.2ClH.Os.2H2/c1-23(30)29(25-15-7-3-8-16-25)24(2)31(26-17-9-4-10-18-26,27-19-11-5-12-20-27)28-21-13-6-14-22-28;;;;;/h2-22,30H,1H3;2*1H;;2*1H/q+1;;;+2;;/p-2/b29-24+,30-23?;;;;;. The Bertz CT molecular complexity index is 1110. The smallest absolute Gasteiger partial charge is 1.00 e. The van der Waals surface area contributed by atoms with Crippen molar-refractivity contribution in [1.82, 2.24) is 0 Å². The van der Waals surface area contributed by atoms with Crippen LogP contribution in [-0.2, 0) is 19.8 Å². The molecule has 5 heteroatoms. The van der Waals surface area contributed by atoms with Crippen molar-refractivity contribution in [3.8, 4) is 0 Å². The number of nitrogens with one attached hydrogen (secondary N) is 1. The summed E-state index contributed by atoms with van der Waals surface area (Å²) in [5, 5.41) is 13.0. The molecule has 1 nitrogen and oxygen atoms in total. The SMILES string of the molecule is [CH]/C(=C(/C(C)=N)c1ccccc1)[P+](c1ccccc1)(c1ccccc1)c1ccccc1.[Cl-].[Cl-].[HH].[HH].[Os+2]. The van der Waals surface area contributed by atoms with Crippen LogP contribution < -0.4 is 40.7 Å². The van der Waals surface area contributed by atoms with Gasteiger partial charge in [-0.3, -0.25) is 0 Å². The van der Waals surface area contributed by atoms with Gasteiger partial charge in [-0.15, -0.1) is 0 Å². The molecule has 0 saturated carbocycles. The average Bonchev–Trinajstić information content (AvgIpc) is 2.82. The van der Waals surface area contributed by atoms with E-state index in [4.69, 9.17) is 12.3 Å². The fourth-order valence-corrected chi connectivity index (χ4v) is 8.37. The van der Waals surface area contributed by atoms with Crippen molar-refractivity contribution in [3.05, 3.63) is 139 Å². The Labute approximate surface area is 232 Å². The summed E-state index contributed by atoms with van der Waals surface area (Å²) in [6.07, 6.45) is 0. The van der Waals surface area contributed by atoms with E-state index in [-0.39, 0.29) is 47.5 Å². The minimum absolute atomic E-state index is 0. The molecule has 4 rings (SSSR count). The normalized spacial score (nSPS) is 11.1. The average molecular weight is 684 g/mol. The molecule has 0 aliphatic rings. The Morgan fingerprint density at radius 2 is 0.912 bits per heavy atom. The van der Waals surface area contributed by atoms with Gasteiger partial charge in [0.1, 0.15) is 28.5 Å². The first-order valence-corrected chi connectivity index (χ1v) is 12.1. The van der Waals surface area contributed by atoms with Crippen molar-refractivity contribution in [3.63, 3.8) is 0 Å². The van der Waals surface area contributed by atoms with Crippen LogP contribution in [0.1, 0.15) is 15.3 Å². The summed E-state index contributed by atoms with van der Waals surface area (Å²) >= 11 is 0. The molecule has 0 heterocycles. The first kappa shape index (κ1) is 30.0. The predicted octanol–water partition coefficient (Wildman–Crippen LogP) is 0.640. The summed E-state index contributed by atoms with van der Waals surface area (Å²) in [6, 6.07) is 41.6. The molecule has 0 spiro atoms. The second kappa shape index (κ2) is 13.7. The molecular formula is C29H29Cl2NOsP+. The van der Waals surface area contributed by atoms with Crippen molar-refractivity contribution < 1.29 is 47.5 Å². The van der Waals surface area contributed by atoms with Gasteiger partial charge in [-0.25, -0.2) is 0 Å². The number of benzene rings is 4. The maximum absolute atomic E-state index is 8.67. The van der Waals surface area contributed by atoms with E-state index in [1.807, 2.05) is 55.5 Å². The van der Waals surface area contributed by atoms with Gasteiger partial charge in [0.25, 0.3) is 0 Å². The number of hydrogen-bond acceptors (Lipinski definition) is 1. The van der Waals surface area contributed by atoms with E-state index in [0.717, 1.165) is 16.5 Å². The Balaban J connectivity index is 0. The van der Waals surface area contributed by atoms with Gasteiger partial charge < -0.3 is 30.2 Å². The zero-order chi connectivity index (χ0) is 21.7. The van der Waals surface area contributed by atoms with Crippen molar-refractivity contribution in [1.29, 1.82) is 5.41 Å². The number of rotatable bonds is 6. The fourth-order valence-electron chi connectivity index (χ4n) is 4.15. The van der Waals surface area contributed by atoms with Crippen molar-refractivity contribution in [2.24, 2.45) is 0 Å². The zero-order valence-electron chi connectivity index (χ0n) is 18.7. The molecule has 0 saturated heterocycles. The van der Waals surface area contributed by atoms with Gasteiger partial charge in [-0.1, -0.05) is 84.9 Å². The van der Waals surface area contributed by atoms with Crippen LogP contribution in [0.2, 0.25) is 0 Å². The second-order valence-corrected chi connectivity index (χ2v) is 10.8. The molecule has 0 amide bonds. The third-order valence-corrected chi connectivity index (χ3v) is 9.65. The van der Waals surface area contributed by atoms with Crippen LogP contribution in [0.3, 0.4) is 0 Å². The van der Waals surface area contributed by atoms with Crippen LogP contribution in [0, 0.1) is 12.3 Å². The molecule has 0 atom stereocenters. The van der Waals surface area contributed by atoms with Gasteiger partial charge in [0.05, 0.1) is 0 Å². The quantitative estimate of drug-likeness (QED) is 0.228. The van der Waals surface area contributed by atoms with Gasteiger partial charge in [0, 0.05) is 21.1 Å². The molecule has 0 fully saturated rings. The third kappa shape index (κ3) is 5.77. The predicted molar refractivity (Wildman–Crippen MR) is 140 cm³/mol. The van der Waals surface area contributed by atoms with Gasteiger partial charge in [0.15, 0.2) is 0 Å². The summed E-state index contributed by atoms with van der Waals surface area (Å²) < 4.78 is 0. The van der Waals surface area contributed by atoms with E-state index in [2.05, 4.69) is 72.8 Å². The topological polar surface area (TPSA) is 23.9 Å². The van der Waals surface area contributed by atoms with Crippen LogP contribution in [0.4, 0.5) is 0 Å². The van der Waals surface area contributed by atoms with E-state index in [1.54, 1.807) is 0 Å². The van der Waals surface area contributed by atoms with Crippen LogP contribution in [0.15, 0.2) is 127 Å². The Kier molecular flexibility index (Phi) is 12.1. The van der Waals surface area contributed by atoms with Gasteiger partial charge in [-0.2, -0.15) is 0 Å².